The molecule has 1 amide bonds. The lowest BCUT2D eigenvalue weighted by atomic mass is 9.82. The molecule has 0 heterocycles. The van der Waals surface area contributed by atoms with Crippen molar-refractivity contribution in [2.24, 2.45) is 0 Å². The van der Waals surface area contributed by atoms with Gasteiger partial charge in [0.2, 0.25) is 5.91 Å². The molecular formula is C25H22ClNO2. The number of fused-ring (bicyclic) bond motifs is 1. The van der Waals surface area contributed by atoms with Gasteiger partial charge in [-0.1, -0.05) is 66.2 Å². The molecule has 0 saturated heterocycles. The van der Waals surface area contributed by atoms with E-state index in [4.69, 9.17) is 16.3 Å². The average molecular weight is 404 g/mol. The van der Waals surface area contributed by atoms with E-state index < -0.39 is 0 Å². The van der Waals surface area contributed by atoms with Crippen molar-refractivity contribution >= 4 is 29.3 Å². The van der Waals surface area contributed by atoms with E-state index in [1.165, 1.54) is 16.7 Å². The normalized spacial score (nSPS) is 14.9. The van der Waals surface area contributed by atoms with E-state index in [1.807, 2.05) is 18.2 Å². The molecule has 0 radical (unpaired) electrons. The molecule has 0 spiro atoms. The van der Waals surface area contributed by atoms with Gasteiger partial charge in [0, 0.05) is 16.6 Å². The first kappa shape index (κ1) is 19.3. The second kappa shape index (κ2) is 8.54. The number of amides is 1. The number of halogens is 1. The van der Waals surface area contributed by atoms with Gasteiger partial charge in [-0.25, -0.2) is 0 Å². The van der Waals surface area contributed by atoms with Gasteiger partial charge in [-0.2, -0.15) is 0 Å². The van der Waals surface area contributed by atoms with E-state index in [9.17, 15) is 4.79 Å². The first-order valence-electron chi connectivity index (χ1n) is 9.62. The quantitative estimate of drug-likeness (QED) is 0.560. The molecule has 1 N–H and O–H groups in total. The van der Waals surface area contributed by atoms with Gasteiger partial charge >= 0.3 is 0 Å². The van der Waals surface area contributed by atoms with Crippen LogP contribution in [0.25, 0.3) is 6.08 Å². The summed E-state index contributed by atoms with van der Waals surface area (Å²) in [4.78, 5) is 12.4. The fourth-order valence-corrected chi connectivity index (χ4v) is 3.97. The highest BCUT2D eigenvalue weighted by Gasteiger charge is 2.18. The van der Waals surface area contributed by atoms with Crippen LogP contribution in [0.4, 0.5) is 5.69 Å². The minimum absolute atomic E-state index is 0.101. The van der Waals surface area contributed by atoms with Crippen molar-refractivity contribution in [2.75, 3.05) is 12.4 Å². The predicted octanol–water partition coefficient (Wildman–Crippen LogP) is 6.08. The van der Waals surface area contributed by atoms with Crippen LogP contribution in [0, 0.1) is 0 Å². The molecule has 0 bridgehead atoms. The molecule has 3 aromatic rings. The lowest BCUT2D eigenvalue weighted by molar-refractivity contribution is -0.115. The molecule has 146 valence electrons. The molecule has 0 aromatic heterocycles. The van der Waals surface area contributed by atoms with Crippen molar-refractivity contribution in [2.45, 2.75) is 18.8 Å². The second-order valence-electron chi connectivity index (χ2n) is 7.12. The number of benzene rings is 3. The van der Waals surface area contributed by atoms with Gasteiger partial charge in [0.05, 0.1) is 13.5 Å². The fourth-order valence-electron chi connectivity index (χ4n) is 3.73. The van der Waals surface area contributed by atoms with E-state index in [-0.39, 0.29) is 12.3 Å². The number of anilines is 1. The third-order valence-corrected chi connectivity index (χ3v) is 5.60. The van der Waals surface area contributed by atoms with Crippen molar-refractivity contribution in [1.82, 2.24) is 0 Å². The van der Waals surface area contributed by atoms with Crippen LogP contribution in [0.2, 0.25) is 5.02 Å². The Labute approximate surface area is 176 Å². The molecule has 3 aromatic carbocycles. The smallest absolute Gasteiger partial charge is 0.228 e. The van der Waals surface area contributed by atoms with Crippen LogP contribution in [0.5, 0.6) is 5.75 Å². The van der Waals surface area contributed by atoms with Crippen molar-refractivity contribution in [3.05, 3.63) is 100 Å². The molecule has 1 unspecified atom stereocenters. The topological polar surface area (TPSA) is 38.3 Å². The number of hydrogen-bond acceptors (Lipinski definition) is 2. The minimum Gasteiger partial charge on any atom is -0.497 e. The van der Waals surface area contributed by atoms with Crippen LogP contribution in [-0.4, -0.2) is 13.0 Å². The van der Waals surface area contributed by atoms with E-state index in [0.717, 1.165) is 17.7 Å². The van der Waals surface area contributed by atoms with Crippen LogP contribution >= 0.6 is 11.6 Å². The zero-order valence-corrected chi connectivity index (χ0v) is 16.9. The highest BCUT2D eigenvalue weighted by Crippen LogP contribution is 2.35. The standard InChI is InChI=1S/C25H22ClNO2/c1-29-21-14-11-19(24(26)16-21)15-25(28)27-20-12-9-18(10-13-20)23-8-4-6-17-5-2-3-7-22(17)23/h2-7,9-14,16,23H,8,15H2,1H3,(H,27,28). The SMILES string of the molecule is COc1ccc(CC(=O)Nc2ccc(C3CC=Cc4ccccc43)cc2)c(Cl)c1. The summed E-state index contributed by atoms with van der Waals surface area (Å²) in [6.07, 6.45) is 5.61. The van der Waals surface area contributed by atoms with Gasteiger partial charge in [0.15, 0.2) is 0 Å². The first-order valence-corrected chi connectivity index (χ1v) is 9.99. The summed E-state index contributed by atoms with van der Waals surface area (Å²) in [7, 11) is 1.59. The number of carbonyl (C=O) groups is 1. The molecule has 0 saturated carbocycles. The van der Waals surface area contributed by atoms with E-state index >= 15 is 0 Å². The number of allylic oxidation sites excluding steroid dienone is 1. The van der Waals surface area contributed by atoms with E-state index in [1.54, 1.807) is 19.2 Å². The lowest BCUT2D eigenvalue weighted by Gasteiger charge is -2.22. The van der Waals surface area contributed by atoms with Gasteiger partial charge in [-0.3, -0.25) is 4.79 Å². The third kappa shape index (κ3) is 4.36. The maximum absolute atomic E-state index is 12.4. The number of rotatable bonds is 5. The summed E-state index contributed by atoms with van der Waals surface area (Å²) < 4.78 is 5.14. The van der Waals surface area contributed by atoms with Crippen LogP contribution in [0.1, 0.15) is 34.6 Å². The summed E-state index contributed by atoms with van der Waals surface area (Å²) in [5.41, 5.74) is 5.42. The maximum Gasteiger partial charge on any atom is 0.228 e. The van der Waals surface area contributed by atoms with Crippen LogP contribution in [-0.2, 0) is 11.2 Å². The largest absolute Gasteiger partial charge is 0.497 e. The van der Waals surface area contributed by atoms with Crippen LogP contribution in [0.15, 0.2) is 72.8 Å². The highest BCUT2D eigenvalue weighted by atomic mass is 35.5. The minimum atomic E-state index is -0.101. The first-order chi connectivity index (χ1) is 14.1. The Morgan fingerprint density at radius 3 is 2.66 bits per heavy atom. The van der Waals surface area contributed by atoms with Crippen molar-refractivity contribution < 1.29 is 9.53 Å². The highest BCUT2D eigenvalue weighted by molar-refractivity contribution is 6.31. The van der Waals surface area contributed by atoms with E-state index in [2.05, 4.69) is 53.9 Å². The summed E-state index contributed by atoms with van der Waals surface area (Å²) in [5, 5.41) is 3.48. The molecule has 1 aliphatic carbocycles. The van der Waals surface area contributed by atoms with Crippen LogP contribution in [0.3, 0.4) is 0 Å². The Balaban J connectivity index is 1.44. The molecule has 0 fully saturated rings. The van der Waals surface area contributed by atoms with Crippen LogP contribution < -0.4 is 10.1 Å². The van der Waals surface area contributed by atoms with Crippen molar-refractivity contribution in [3.8, 4) is 5.75 Å². The van der Waals surface area contributed by atoms with Gasteiger partial charge in [0.1, 0.15) is 5.75 Å². The zero-order chi connectivity index (χ0) is 20.2. The third-order valence-electron chi connectivity index (χ3n) is 5.25. The summed E-state index contributed by atoms with van der Waals surface area (Å²) in [5.74, 6) is 0.920. The maximum atomic E-state index is 12.4. The average Bonchev–Trinajstić information content (AvgIpc) is 2.75. The van der Waals surface area contributed by atoms with E-state index in [0.29, 0.717) is 16.7 Å². The zero-order valence-electron chi connectivity index (χ0n) is 16.2. The molecule has 1 aliphatic rings. The summed E-state index contributed by atoms with van der Waals surface area (Å²) >= 11 is 6.24. The Hall–Kier alpha value is -3.04. The number of hydrogen-bond donors (Lipinski definition) is 1. The molecule has 3 nitrogen and oxygen atoms in total. The van der Waals surface area contributed by atoms with Gasteiger partial charge in [0.25, 0.3) is 0 Å². The Bertz CT molecular complexity index is 1060. The molecule has 1 atom stereocenters. The monoisotopic (exact) mass is 403 g/mol. The second-order valence-corrected chi connectivity index (χ2v) is 7.53. The predicted molar refractivity (Wildman–Crippen MR) is 119 cm³/mol. The number of nitrogens with one attached hydrogen (secondary N) is 1. The number of methoxy groups -OCH3 is 1. The molecule has 29 heavy (non-hydrogen) atoms. The summed E-state index contributed by atoms with van der Waals surface area (Å²) in [6, 6.07) is 22.0. The van der Waals surface area contributed by atoms with Gasteiger partial charge in [-0.05, 0) is 52.9 Å². The molecule has 4 rings (SSSR count). The Kier molecular flexibility index (Phi) is 5.68. The Morgan fingerprint density at radius 1 is 1.10 bits per heavy atom. The molecule has 0 aliphatic heterocycles. The Morgan fingerprint density at radius 2 is 1.90 bits per heavy atom. The van der Waals surface area contributed by atoms with Crippen molar-refractivity contribution in [1.29, 1.82) is 0 Å². The summed E-state index contributed by atoms with van der Waals surface area (Å²) in [6.45, 7) is 0. The van der Waals surface area contributed by atoms with Gasteiger partial charge < -0.3 is 10.1 Å². The van der Waals surface area contributed by atoms with Gasteiger partial charge in [-0.15, -0.1) is 0 Å². The molecule has 4 heteroatoms. The number of carbonyl (C=O) groups excluding carboxylic acids is 1. The number of ether oxygens (including phenoxy) is 1. The van der Waals surface area contributed by atoms with Crippen molar-refractivity contribution in [3.63, 3.8) is 0 Å². The fraction of sp³-hybridized carbons (Fsp3) is 0.160. The lowest BCUT2D eigenvalue weighted by Crippen LogP contribution is -2.14. The molecular weight excluding hydrogens is 382 g/mol.